The molecule has 0 spiro atoms. The summed E-state index contributed by atoms with van der Waals surface area (Å²) in [5.74, 6) is -0.0223. The molecule has 1 aliphatic heterocycles. The average Bonchev–Trinajstić information content (AvgIpc) is 3.11. The van der Waals surface area contributed by atoms with Gasteiger partial charge in [0, 0.05) is 55.4 Å². The van der Waals surface area contributed by atoms with Crippen molar-refractivity contribution in [3.05, 3.63) is 71.4 Å². The molecule has 0 saturated carbocycles. The van der Waals surface area contributed by atoms with Gasteiger partial charge in [0.2, 0.25) is 0 Å². The highest BCUT2D eigenvalue weighted by Crippen LogP contribution is 2.18. The Hall–Kier alpha value is -2.63. The molecule has 1 amide bonds. The van der Waals surface area contributed by atoms with Crippen molar-refractivity contribution in [2.24, 2.45) is 0 Å². The second-order valence-corrected chi connectivity index (χ2v) is 7.25. The highest BCUT2D eigenvalue weighted by molar-refractivity contribution is 5.94. The zero-order chi connectivity index (χ0) is 18.6. The predicted molar refractivity (Wildman–Crippen MR) is 109 cm³/mol. The molecule has 27 heavy (non-hydrogen) atoms. The number of fused-ring (bicyclic) bond motifs is 1. The number of amides is 1. The summed E-state index contributed by atoms with van der Waals surface area (Å²) in [5.41, 5.74) is 7.44. The van der Waals surface area contributed by atoms with Crippen molar-refractivity contribution < 1.29 is 4.79 Å². The van der Waals surface area contributed by atoms with Gasteiger partial charge in [-0.05, 0) is 37.1 Å². The third-order valence-electron chi connectivity index (χ3n) is 5.28. The Morgan fingerprint density at radius 2 is 1.89 bits per heavy atom. The summed E-state index contributed by atoms with van der Waals surface area (Å²) in [6.45, 7) is 6.69. The van der Waals surface area contributed by atoms with E-state index in [9.17, 15) is 4.79 Å². The first kappa shape index (κ1) is 17.8. The van der Waals surface area contributed by atoms with Crippen LogP contribution < -0.4 is 5.43 Å². The first-order chi connectivity index (χ1) is 13.2. The SMILES string of the molecule is Cc1cccc(C(=O)NN2CCN(CCc3c[nH]c4ccccc34)CC2)c1. The Labute approximate surface area is 159 Å². The molecule has 4 rings (SSSR count). The number of rotatable bonds is 5. The van der Waals surface area contributed by atoms with Gasteiger partial charge in [0.15, 0.2) is 0 Å². The van der Waals surface area contributed by atoms with E-state index in [4.69, 9.17) is 0 Å². The molecule has 1 aromatic heterocycles. The number of hydrogen-bond donors (Lipinski definition) is 2. The van der Waals surface area contributed by atoms with Gasteiger partial charge in [-0.2, -0.15) is 0 Å². The number of aryl methyl sites for hydroxylation is 1. The van der Waals surface area contributed by atoms with Gasteiger partial charge in [-0.15, -0.1) is 0 Å². The van der Waals surface area contributed by atoms with E-state index in [0.717, 1.165) is 50.3 Å². The molecule has 3 aromatic rings. The molecule has 5 nitrogen and oxygen atoms in total. The van der Waals surface area contributed by atoms with E-state index in [1.807, 2.05) is 36.2 Å². The standard InChI is InChI=1S/C22H26N4O/c1-17-5-4-6-18(15-17)22(27)24-26-13-11-25(12-14-26)10-9-19-16-23-21-8-3-2-7-20(19)21/h2-8,15-16,23H,9-14H2,1H3,(H,24,27). The van der Waals surface area contributed by atoms with E-state index >= 15 is 0 Å². The van der Waals surface area contributed by atoms with Crippen LogP contribution in [0.4, 0.5) is 0 Å². The first-order valence-corrected chi connectivity index (χ1v) is 9.59. The smallest absolute Gasteiger partial charge is 0.265 e. The number of benzene rings is 2. The van der Waals surface area contributed by atoms with Crippen molar-refractivity contribution in [2.75, 3.05) is 32.7 Å². The second kappa shape index (κ2) is 7.94. The van der Waals surface area contributed by atoms with E-state index in [1.165, 1.54) is 16.5 Å². The molecular weight excluding hydrogens is 336 g/mol. The van der Waals surface area contributed by atoms with E-state index in [2.05, 4.69) is 45.8 Å². The molecule has 0 atom stereocenters. The molecule has 5 heteroatoms. The fourth-order valence-electron chi connectivity index (χ4n) is 3.69. The van der Waals surface area contributed by atoms with Gasteiger partial charge >= 0.3 is 0 Å². The monoisotopic (exact) mass is 362 g/mol. The fraction of sp³-hybridized carbons (Fsp3) is 0.318. The van der Waals surface area contributed by atoms with Crippen molar-refractivity contribution in [3.8, 4) is 0 Å². The largest absolute Gasteiger partial charge is 0.361 e. The minimum absolute atomic E-state index is 0.0223. The molecule has 0 aliphatic carbocycles. The van der Waals surface area contributed by atoms with Gasteiger partial charge in [0.25, 0.3) is 5.91 Å². The maximum absolute atomic E-state index is 12.4. The highest BCUT2D eigenvalue weighted by atomic mass is 16.2. The normalized spacial score (nSPS) is 15.9. The number of nitrogens with zero attached hydrogens (tertiary/aromatic N) is 2. The Kier molecular flexibility index (Phi) is 5.23. The van der Waals surface area contributed by atoms with Crippen molar-refractivity contribution in [1.29, 1.82) is 0 Å². The van der Waals surface area contributed by atoms with E-state index in [0.29, 0.717) is 0 Å². The maximum Gasteiger partial charge on any atom is 0.265 e. The molecule has 140 valence electrons. The van der Waals surface area contributed by atoms with Crippen molar-refractivity contribution in [2.45, 2.75) is 13.3 Å². The summed E-state index contributed by atoms with van der Waals surface area (Å²) in [6.07, 6.45) is 3.17. The minimum atomic E-state index is -0.0223. The summed E-state index contributed by atoms with van der Waals surface area (Å²) in [4.78, 5) is 18.2. The highest BCUT2D eigenvalue weighted by Gasteiger charge is 2.19. The molecule has 2 aromatic carbocycles. The van der Waals surface area contributed by atoms with Gasteiger partial charge in [-0.25, -0.2) is 5.01 Å². The lowest BCUT2D eigenvalue weighted by atomic mass is 10.1. The Morgan fingerprint density at radius 3 is 2.70 bits per heavy atom. The van der Waals surface area contributed by atoms with Gasteiger partial charge in [-0.3, -0.25) is 10.2 Å². The number of hydrazine groups is 1. The van der Waals surface area contributed by atoms with Gasteiger partial charge in [-0.1, -0.05) is 35.9 Å². The lowest BCUT2D eigenvalue weighted by molar-refractivity contribution is 0.0622. The third kappa shape index (κ3) is 4.21. The molecule has 1 saturated heterocycles. The fourth-order valence-corrected chi connectivity index (χ4v) is 3.69. The zero-order valence-electron chi connectivity index (χ0n) is 15.7. The Morgan fingerprint density at radius 1 is 1.07 bits per heavy atom. The van der Waals surface area contributed by atoms with E-state index in [1.54, 1.807) is 0 Å². The number of carbonyl (C=O) groups excluding carboxylic acids is 1. The third-order valence-corrected chi connectivity index (χ3v) is 5.28. The molecule has 0 unspecified atom stereocenters. The summed E-state index contributed by atoms with van der Waals surface area (Å²) in [6, 6.07) is 16.2. The van der Waals surface area contributed by atoms with Crippen LogP contribution in [-0.4, -0.2) is 53.5 Å². The zero-order valence-corrected chi connectivity index (χ0v) is 15.7. The van der Waals surface area contributed by atoms with Crippen LogP contribution in [-0.2, 0) is 6.42 Å². The average molecular weight is 362 g/mol. The van der Waals surface area contributed by atoms with Gasteiger partial charge in [0.1, 0.15) is 0 Å². The summed E-state index contributed by atoms with van der Waals surface area (Å²) >= 11 is 0. The number of carbonyl (C=O) groups is 1. The molecule has 1 aliphatic rings. The number of aromatic amines is 1. The van der Waals surface area contributed by atoms with Crippen molar-refractivity contribution in [3.63, 3.8) is 0 Å². The Balaban J connectivity index is 1.26. The van der Waals surface area contributed by atoms with Crippen LogP contribution in [0.25, 0.3) is 10.9 Å². The van der Waals surface area contributed by atoms with Crippen molar-refractivity contribution >= 4 is 16.8 Å². The lowest BCUT2D eigenvalue weighted by Gasteiger charge is -2.34. The molecule has 2 N–H and O–H groups in total. The maximum atomic E-state index is 12.4. The summed E-state index contributed by atoms with van der Waals surface area (Å²) in [7, 11) is 0. The minimum Gasteiger partial charge on any atom is -0.361 e. The number of H-pyrrole nitrogens is 1. The van der Waals surface area contributed by atoms with Gasteiger partial charge in [0.05, 0.1) is 0 Å². The number of piperazine rings is 1. The summed E-state index contributed by atoms with van der Waals surface area (Å²) < 4.78 is 0. The first-order valence-electron chi connectivity index (χ1n) is 9.59. The van der Waals surface area contributed by atoms with Gasteiger partial charge < -0.3 is 9.88 Å². The van der Waals surface area contributed by atoms with Crippen LogP contribution in [0.1, 0.15) is 21.5 Å². The molecule has 0 bridgehead atoms. The second-order valence-electron chi connectivity index (χ2n) is 7.25. The molecule has 2 heterocycles. The molecule has 0 radical (unpaired) electrons. The Bertz CT molecular complexity index is 925. The quantitative estimate of drug-likeness (QED) is 0.734. The van der Waals surface area contributed by atoms with Crippen LogP contribution in [0.3, 0.4) is 0 Å². The van der Waals surface area contributed by atoms with Crippen molar-refractivity contribution in [1.82, 2.24) is 20.3 Å². The number of para-hydroxylation sites is 1. The van der Waals surface area contributed by atoms with Crippen LogP contribution in [0.2, 0.25) is 0 Å². The number of hydrogen-bond acceptors (Lipinski definition) is 3. The summed E-state index contributed by atoms with van der Waals surface area (Å²) in [5, 5.41) is 3.36. The van der Waals surface area contributed by atoms with Crippen LogP contribution in [0.5, 0.6) is 0 Å². The van der Waals surface area contributed by atoms with E-state index in [-0.39, 0.29) is 5.91 Å². The predicted octanol–water partition coefficient (Wildman–Crippen LogP) is 2.98. The molecule has 1 fully saturated rings. The lowest BCUT2D eigenvalue weighted by Crippen LogP contribution is -2.53. The van der Waals surface area contributed by atoms with E-state index < -0.39 is 0 Å². The van der Waals surface area contributed by atoms with Crippen LogP contribution in [0, 0.1) is 6.92 Å². The number of aromatic nitrogens is 1. The topological polar surface area (TPSA) is 51.4 Å². The number of nitrogens with one attached hydrogen (secondary N) is 2. The van der Waals surface area contributed by atoms with Crippen LogP contribution in [0.15, 0.2) is 54.7 Å². The van der Waals surface area contributed by atoms with Crippen LogP contribution >= 0.6 is 0 Å². The molecular formula is C22H26N4O.